The molecule has 4 amide bonds. The summed E-state index contributed by atoms with van der Waals surface area (Å²) < 4.78 is 13.3. The smallest absolute Gasteiger partial charge is 0.330 e. The zero-order chi connectivity index (χ0) is 23.5. The first kappa shape index (κ1) is 22.0. The predicted molar refractivity (Wildman–Crippen MR) is 118 cm³/mol. The van der Waals surface area contributed by atoms with E-state index < -0.39 is 24.7 Å². The summed E-state index contributed by atoms with van der Waals surface area (Å²) in [4.78, 5) is 42.0. The van der Waals surface area contributed by atoms with Crippen molar-refractivity contribution in [2.75, 3.05) is 25.0 Å². The number of hydrogen-bond acceptors (Lipinski definition) is 4. The van der Waals surface area contributed by atoms with Crippen LogP contribution in [0.3, 0.4) is 0 Å². The lowest BCUT2D eigenvalue weighted by molar-refractivity contribution is -0.122. The Balaban J connectivity index is 1.93. The van der Waals surface area contributed by atoms with Gasteiger partial charge in [0, 0.05) is 25.7 Å². The molecule has 0 radical (unpaired) electrons. The number of nitrogens with zero attached hydrogens (tertiary/aromatic N) is 3. The maximum atomic E-state index is 13.8. The van der Waals surface area contributed by atoms with Crippen molar-refractivity contribution in [2.45, 2.75) is 19.1 Å². The van der Waals surface area contributed by atoms with Crippen molar-refractivity contribution in [2.24, 2.45) is 0 Å². The summed E-state index contributed by atoms with van der Waals surface area (Å²) in [6.07, 6.45) is 0.396. The van der Waals surface area contributed by atoms with Crippen LogP contribution in [0.2, 0.25) is 0 Å². The number of halogens is 1. The van der Waals surface area contributed by atoms with Crippen molar-refractivity contribution in [3.05, 3.63) is 76.5 Å². The number of nitriles is 1. The van der Waals surface area contributed by atoms with Crippen LogP contribution in [0.1, 0.15) is 29.2 Å². The molecule has 0 spiro atoms. The molecule has 0 aromatic heterocycles. The van der Waals surface area contributed by atoms with E-state index in [0.717, 1.165) is 0 Å². The van der Waals surface area contributed by atoms with Gasteiger partial charge in [0.2, 0.25) is 5.91 Å². The summed E-state index contributed by atoms with van der Waals surface area (Å²) in [5.74, 6) is -0.744. The maximum Gasteiger partial charge on any atom is 0.330 e. The highest BCUT2D eigenvalue weighted by Gasteiger charge is 2.45. The summed E-state index contributed by atoms with van der Waals surface area (Å²) in [6.45, 7) is -0.638. The van der Waals surface area contributed by atoms with Crippen LogP contribution >= 0.6 is 0 Å². The van der Waals surface area contributed by atoms with E-state index in [9.17, 15) is 18.8 Å². The van der Waals surface area contributed by atoms with Crippen LogP contribution in [-0.4, -0.2) is 42.9 Å². The molecule has 0 saturated heterocycles. The average molecular weight is 447 g/mol. The Morgan fingerprint density at radius 2 is 2.00 bits per heavy atom. The number of anilines is 1. The van der Waals surface area contributed by atoms with Gasteiger partial charge in [-0.25, -0.2) is 9.18 Å². The molecule has 0 aliphatic carbocycles. The standard InChI is InChI=1S/C24H22FN5O3/c1-27-20(31)14-29-22(17-7-5-15(13-26)6-8-17)21-19(9-10-28-23(21)32)30(24(29)33)18-4-2-3-16(11-18)12-25/h2-8,11,22H,9-10,12,14H2,1H3,(H,27,31)(H,28,32)/t22-/m1/s1. The topological polar surface area (TPSA) is 106 Å². The van der Waals surface area contributed by atoms with Crippen LogP contribution in [0.4, 0.5) is 14.9 Å². The minimum absolute atomic E-state index is 0.288. The first-order valence-corrected chi connectivity index (χ1v) is 10.5. The molecule has 9 heteroatoms. The fraction of sp³-hybridized carbons (Fsp3) is 0.250. The Morgan fingerprint density at radius 1 is 1.24 bits per heavy atom. The highest BCUT2D eigenvalue weighted by Crippen LogP contribution is 2.41. The van der Waals surface area contributed by atoms with Crippen molar-refractivity contribution >= 4 is 23.5 Å². The fourth-order valence-electron chi connectivity index (χ4n) is 4.20. The molecule has 8 nitrogen and oxygen atoms in total. The molecule has 0 fully saturated rings. The number of rotatable bonds is 5. The third-order valence-corrected chi connectivity index (χ3v) is 5.77. The van der Waals surface area contributed by atoms with Crippen LogP contribution in [-0.2, 0) is 16.3 Å². The largest absolute Gasteiger partial charge is 0.358 e. The quantitative estimate of drug-likeness (QED) is 0.735. The Hall–Kier alpha value is -4.19. The van der Waals surface area contributed by atoms with Crippen molar-refractivity contribution in [3.8, 4) is 6.07 Å². The lowest BCUT2D eigenvalue weighted by atomic mass is 9.88. The van der Waals surface area contributed by atoms with Gasteiger partial charge in [-0.3, -0.25) is 14.5 Å². The molecular weight excluding hydrogens is 425 g/mol. The zero-order valence-electron chi connectivity index (χ0n) is 18.0. The Morgan fingerprint density at radius 3 is 2.67 bits per heavy atom. The molecule has 2 aromatic carbocycles. The van der Waals surface area contributed by atoms with E-state index >= 15 is 0 Å². The number of carbonyl (C=O) groups excluding carboxylic acids is 3. The van der Waals surface area contributed by atoms with Gasteiger partial charge in [-0.2, -0.15) is 5.26 Å². The van der Waals surface area contributed by atoms with Gasteiger partial charge in [-0.1, -0.05) is 24.3 Å². The van der Waals surface area contributed by atoms with Gasteiger partial charge in [-0.15, -0.1) is 0 Å². The second-order valence-corrected chi connectivity index (χ2v) is 7.73. The monoisotopic (exact) mass is 447 g/mol. The van der Waals surface area contributed by atoms with E-state index in [4.69, 9.17) is 5.26 Å². The molecule has 0 saturated carbocycles. The highest BCUT2D eigenvalue weighted by atomic mass is 19.1. The molecular formula is C24H22FN5O3. The molecule has 2 aliphatic heterocycles. The summed E-state index contributed by atoms with van der Waals surface area (Å²) in [5, 5.41) is 14.5. The van der Waals surface area contributed by atoms with E-state index in [0.29, 0.717) is 46.6 Å². The molecule has 1 atom stereocenters. The average Bonchev–Trinajstić information content (AvgIpc) is 2.85. The normalized spacial score (nSPS) is 17.9. The summed E-state index contributed by atoms with van der Waals surface area (Å²) >= 11 is 0. The number of nitrogens with one attached hydrogen (secondary N) is 2. The zero-order valence-corrected chi connectivity index (χ0v) is 18.0. The number of alkyl halides is 1. The number of carbonyl (C=O) groups is 3. The lowest BCUT2D eigenvalue weighted by Gasteiger charge is -2.45. The number of likely N-dealkylation sites (N-methyl/N-ethyl adjacent to an activating group) is 1. The summed E-state index contributed by atoms with van der Waals surface area (Å²) in [5.41, 5.74) is 2.73. The van der Waals surface area contributed by atoms with Crippen LogP contribution in [0, 0.1) is 11.3 Å². The molecule has 2 heterocycles. The molecule has 4 rings (SSSR count). The molecule has 2 aliphatic rings. The molecule has 168 valence electrons. The molecule has 33 heavy (non-hydrogen) atoms. The van der Waals surface area contributed by atoms with Crippen LogP contribution < -0.4 is 15.5 Å². The van der Waals surface area contributed by atoms with Gasteiger partial charge < -0.3 is 15.5 Å². The maximum absolute atomic E-state index is 13.8. The first-order chi connectivity index (χ1) is 16.0. The minimum Gasteiger partial charge on any atom is -0.358 e. The van der Waals surface area contributed by atoms with E-state index in [1.165, 1.54) is 16.8 Å². The van der Waals surface area contributed by atoms with Crippen molar-refractivity contribution in [1.82, 2.24) is 15.5 Å². The van der Waals surface area contributed by atoms with Crippen LogP contribution in [0.5, 0.6) is 0 Å². The van der Waals surface area contributed by atoms with Gasteiger partial charge >= 0.3 is 6.03 Å². The summed E-state index contributed by atoms with van der Waals surface area (Å²) in [6, 6.07) is 13.8. The lowest BCUT2D eigenvalue weighted by Crippen LogP contribution is -2.56. The van der Waals surface area contributed by atoms with Crippen molar-refractivity contribution in [1.29, 1.82) is 5.26 Å². The Bertz CT molecular complexity index is 1190. The fourth-order valence-corrected chi connectivity index (χ4v) is 4.20. The van der Waals surface area contributed by atoms with Crippen molar-refractivity contribution < 1.29 is 18.8 Å². The third-order valence-electron chi connectivity index (χ3n) is 5.77. The molecule has 2 aromatic rings. The van der Waals surface area contributed by atoms with Crippen molar-refractivity contribution in [3.63, 3.8) is 0 Å². The second kappa shape index (κ2) is 9.12. The van der Waals surface area contributed by atoms with Gasteiger partial charge in [-0.05, 0) is 35.4 Å². The van der Waals surface area contributed by atoms with E-state index in [2.05, 4.69) is 10.6 Å². The van der Waals surface area contributed by atoms with Gasteiger partial charge in [0.1, 0.15) is 13.2 Å². The SMILES string of the molecule is CNC(=O)CN1C(=O)N(c2cccc(CF)c2)C2=C(C(=O)NCC2)[C@H]1c1ccc(C#N)cc1. The van der Waals surface area contributed by atoms with Gasteiger partial charge in [0.15, 0.2) is 0 Å². The van der Waals surface area contributed by atoms with Gasteiger partial charge in [0.25, 0.3) is 5.91 Å². The van der Waals surface area contributed by atoms with E-state index in [1.807, 2.05) is 6.07 Å². The summed E-state index contributed by atoms with van der Waals surface area (Å²) in [7, 11) is 1.47. The third kappa shape index (κ3) is 4.03. The molecule has 0 bridgehead atoms. The number of benzene rings is 2. The Labute approximate surface area is 190 Å². The number of amides is 4. The number of urea groups is 1. The van der Waals surface area contributed by atoms with E-state index in [1.54, 1.807) is 48.5 Å². The first-order valence-electron chi connectivity index (χ1n) is 10.5. The number of hydrogen-bond donors (Lipinski definition) is 2. The molecule has 2 N–H and O–H groups in total. The Kier molecular flexibility index (Phi) is 6.09. The predicted octanol–water partition coefficient (Wildman–Crippen LogP) is 2.53. The van der Waals surface area contributed by atoms with Crippen LogP contribution in [0.15, 0.2) is 59.8 Å². The highest BCUT2D eigenvalue weighted by molar-refractivity contribution is 6.06. The molecule has 0 unspecified atom stereocenters. The minimum atomic E-state index is -0.821. The second-order valence-electron chi connectivity index (χ2n) is 7.73. The van der Waals surface area contributed by atoms with Crippen LogP contribution in [0.25, 0.3) is 0 Å². The van der Waals surface area contributed by atoms with Gasteiger partial charge in [0.05, 0.1) is 28.9 Å². The van der Waals surface area contributed by atoms with E-state index in [-0.39, 0.29) is 12.5 Å².